The van der Waals surface area contributed by atoms with Crippen LogP contribution in [0.5, 0.6) is 17.2 Å². The highest BCUT2D eigenvalue weighted by atomic mass is 19.3. The Morgan fingerprint density at radius 1 is 1.15 bits per heavy atom. The van der Waals surface area contributed by atoms with E-state index in [0.717, 1.165) is 18.2 Å². The van der Waals surface area contributed by atoms with Crippen LogP contribution in [0.15, 0.2) is 30.3 Å². The standard InChI is InChI=1S/C18H16F2O6/c1-2-12-13(21)7-10(8-14(22)23)15(17(12)25)16(24)9-3-5-11(6-4-9)26-18(19)20/h3-7,18,21,25H,2,8H2,1H3,(H,22,23). The number of phenolic OH excluding ortho intramolecular Hbond substituents is 2. The molecule has 2 rings (SSSR count). The van der Waals surface area contributed by atoms with Crippen LogP contribution in [0.4, 0.5) is 8.78 Å². The van der Waals surface area contributed by atoms with Crippen molar-refractivity contribution in [1.82, 2.24) is 0 Å². The van der Waals surface area contributed by atoms with Crippen LogP contribution in [-0.2, 0) is 17.6 Å². The van der Waals surface area contributed by atoms with Gasteiger partial charge in [-0.2, -0.15) is 8.78 Å². The Morgan fingerprint density at radius 2 is 1.77 bits per heavy atom. The monoisotopic (exact) mass is 366 g/mol. The minimum absolute atomic E-state index is 0.0429. The predicted octanol–water partition coefficient (Wildman–Crippen LogP) is 3.12. The van der Waals surface area contributed by atoms with Gasteiger partial charge in [0, 0.05) is 11.1 Å². The van der Waals surface area contributed by atoms with Crippen molar-refractivity contribution in [3.05, 3.63) is 52.6 Å². The molecule has 0 unspecified atom stereocenters. The lowest BCUT2D eigenvalue weighted by Gasteiger charge is -2.15. The zero-order valence-electron chi connectivity index (χ0n) is 13.7. The molecule has 0 radical (unpaired) electrons. The number of carbonyl (C=O) groups excluding carboxylic acids is 1. The molecular formula is C18H16F2O6. The predicted molar refractivity (Wildman–Crippen MR) is 87.0 cm³/mol. The van der Waals surface area contributed by atoms with Gasteiger partial charge >= 0.3 is 12.6 Å². The molecule has 0 heterocycles. The second-order valence-electron chi connectivity index (χ2n) is 5.41. The van der Waals surface area contributed by atoms with Gasteiger partial charge in [0.15, 0.2) is 5.78 Å². The van der Waals surface area contributed by atoms with Gasteiger partial charge in [-0.15, -0.1) is 0 Å². The largest absolute Gasteiger partial charge is 0.508 e. The molecule has 0 saturated carbocycles. The molecule has 2 aromatic carbocycles. The van der Waals surface area contributed by atoms with Gasteiger partial charge in [0.25, 0.3) is 0 Å². The lowest BCUT2D eigenvalue weighted by Crippen LogP contribution is -2.11. The first-order chi connectivity index (χ1) is 12.2. The number of benzene rings is 2. The number of carbonyl (C=O) groups is 2. The van der Waals surface area contributed by atoms with E-state index in [1.807, 2.05) is 0 Å². The Labute approximate surface area is 147 Å². The first kappa shape index (κ1) is 19.2. The Balaban J connectivity index is 2.51. The minimum atomic E-state index is -3.01. The summed E-state index contributed by atoms with van der Waals surface area (Å²) in [7, 11) is 0. The highest BCUT2D eigenvalue weighted by molar-refractivity contribution is 6.12. The summed E-state index contributed by atoms with van der Waals surface area (Å²) in [5, 5.41) is 29.3. The maximum atomic E-state index is 12.8. The van der Waals surface area contributed by atoms with Crippen molar-refractivity contribution in [2.45, 2.75) is 26.4 Å². The average molecular weight is 366 g/mol. The molecule has 26 heavy (non-hydrogen) atoms. The summed E-state index contributed by atoms with van der Waals surface area (Å²) < 4.78 is 28.6. The molecule has 0 atom stereocenters. The number of hydrogen-bond donors (Lipinski definition) is 3. The van der Waals surface area contributed by atoms with Gasteiger partial charge in [-0.1, -0.05) is 6.92 Å². The van der Waals surface area contributed by atoms with Crippen LogP contribution in [0.3, 0.4) is 0 Å². The van der Waals surface area contributed by atoms with Crippen molar-refractivity contribution in [1.29, 1.82) is 0 Å². The number of phenols is 2. The Hall–Kier alpha value is -3.16. The summed E-state index contributed by atoms with van der Waals surface area (Å²) in [4.78, 5) is 23.8. The number of carboxylic acids is 1. The van der Waals surface area contributed by atoms with Crippen molar-refractivity contribution in [3.63, 3.8) is 0 Å². The van der Waals surface area contributed by atoms with E-state index in [1.165, 1.54) is 12.1 Å². The van der Waals surface area contributed by atoms with Crippen LogP contribution >= 0.6 is 0 Å². The van der Waals surface area contributed by atoms with E-state index in [0.29, 0.717) is 0 Å². The molecule has 0 amide bonds. The van der Waals surface area contributed by atoms with E-state index in [9.17, 15) is 28.6 Å². The molecule has 3 N–H and O–H groups in total. The molecule has 0 bridgehead atoms. The molecule has 6 nitrogen and oxygen atoms in total. The van der Waals surface area contributed by atoms with Crippen molar-refractivity contribution in [2.75, 3.05) is 0 Å². The number of ether oxygens (including phenoxy) is 1. The Morgan fingerprint density at radius 3 is 2.27 bits per heavy atom. The third-order valence-corrected chi connectivity index (χ3v) is 3.73. The molecule has 8 heteroatoms. The lowest BCUT2D eigenvalue weighted by atomic mass is 9.92. The molecule has 0 aliphatic carbocycles. The molecule has 0 spiro atoms. The van der Waals surface area contributed by atoms with Gasteiger partial charge in [-0.3, -0.25) is 9.59 Å². The average Bonchev–Trinajstić information content (AvgIpc) is 2.54. The number of hydrogen-bond acceptors (Lipinski definition) is 5. The summed E-state index contributed by atoms with van der Waals surface area (Å²) in [6.45, 7) is -1.36. The van der Waals surface area contributed by atoms with Crippen molar-refractivity contribution in [3.8, 4) is 17.2 Å². The first-order valence-electron chi connectivity index (χ1n) is 7.62. The summed E-state index contributed by atoms with van der Waals surface area (Å²) >= 11 is 0. The number of halogens is 2. The van der Waals surface area contributed by atoms with E-state index in [4.69, 9.17) is 5.11 Å². The Bertz CT molecular complexity index is 831. The van der Waals surface area contributed by atoms with E-state index in [1.54, 1.807) is 6.92 Å². The van der Waals surface area contributed by atoms with Gasteiger partial charge in [0.1, 0.15) is 17.2 Å². The molecule has 2 aromatic rings. The van der Waals surface area contributed by atoms with Crippen molar-refractivity contribution >= 4 is 11.8 Å². The number of ketones is 1. The van der Waals surface area contributed by atoms with Crippen LogP contribution in [0.25, 0.3) is 0 Å². The number of rotatable bonds is 7. The summed E-state index contributed by atoms with van der Waals surface area (Å²) in [6.07, 6.45) is -0.370. The van der Waals surface area contributed by atoms with Gasteiger partial charge in [-0.25, -0.2) is 0 Å². The molecule has 0 saturated heterocycles. The normalized spacial score (nSPS) is 10.8. The van der Waals surface area contributed by atoms with E-state index < -0.39 is 30.5 Å². The van der Waals surface area contributed by atoms with Crippen LogP contribution in [0, 0.1) is 0 Å². The van der Waals surface area contributed by atoms with E-state index in [2.05, 4.69) is 4.74 Å². The zero-order chi connectivity index (χ0) is 19.4. The fourth-order valence-corrected chi connectivity index (χ4v) is 2.58. The quantitative estimate of drug-likeness (QED) is 0.651. The third kappa shape index (κ3) is 4.08. The zero-order valence-corrected chi connectivity index (χ0v) is 13.7. The van der Waals surface area contributed by atoms with Crippen molar-refractivity contribution in [2.24, 2.45) is 0 Å². The van der Waals surface area contributed by atoms with Crippen LogP contribution in [-0.4, -0.2) is 33.7 Å². The Kier molecular flexibility index (Phi) is 5.76. The minimum Gasteiger partial charge on any atom is -0.508 e. The second-order valence-corrected chi connectivity index (χ2v) is 5.41. The number of carboxylic acid groups (broad SMARTS) is 1. The fourth-order valence-electron chi connectivity index (χ4n) is 2.58. The molecule has 0 aliphatic heterocycles. The fraction of sp³-hybridized carbons (Fsp3) is 0.222. The number of aliphatic carboxylic acids is 1. The topological polar surface area (TPSA) is 104 Å². The smallest absolute Gasteiger partial charge is 0.387 e. The molecule has 0 fully saturated rings. The molecular weight excluding hydrogens is 350 g/mol. The van der Waals surface area contributed by atoms with Gasteiger partial charge in [0.05, 0.1) is 12.0 Å². The highest BCUT2D eigenvalue weighted by Crippen LogP contribution is 2.36. The van der Waals surface area contributed by atoms with Gasteiger partial charge in [0.2, 0.25) is 0 Å². The SMILES string of the molecule is CCc1c(O)cc(CC(=O)O)c(C(=O)c2ccc(OC(F)F)cc2)c1O. The summed E-state index contributed by atoms with van der Waals surface area (Å²) in [5.41, 5.74) is -0.145. The van der Waals surface area contributed by atoms with Crippen LogP contribution in [0.2, 0.25) is 0 Å². The number of aromatic hydroxyl groups is 2. The molecule has 138 valence electrons. The van der Waals surface area contributed by atoms with Crippen molar-refractivity contribution < 1.29 is 38.4 Å². The lowest BCUT2D eigenvalue weighted by molar-refractivity contribution is -0.136. The van der Waals surface area contributed by atoms with E-state index in [-0.39, 0.29) is 40.2 Å². The van der Waals surface area contributed by atoms with Gasteiger partial charge in [-0.05, 0) is 42.3 Å². The summed E-state index contributed by atoms with van der Waals surface area (Å²) in [6, 6.07) is 5.90. The highest BCUT2D eigenvalue weighted by Gasteiger charge is 2.24. The molecule has 0 aliphatic rings. The maximum Gasteiger partial charge on any atom is 0.387 e. The third-order valence-electron chi connectivity index (χ3n) is 3.73. The maximum absolute atomic E-state index is 12.8. The molecule has 0 aromatic heterocycles. The number of alkyl halides is 2. The van der Waals surface area contributed by atoms with Gasteiger partial charge < -0.3 is 20.1 Å². The summed E-state index contributed by atoms with van der Waals surface area (Å²) in [5.74, 6) is -2.90. The van der Waals surface area contributed by atoms with E-state index >= 15 is 0 Å². The van der Waals surface area contributed by atoms with Crippen LogP contribution in [0.1, 0.15) is 34.0 Å². The second kappa shape index (κ2) is 7.81. The first-order valence-corrected chi connectivity index (χ1v) is 7.62. The van der Waals surface area contributed by atoms with Crippen LogP contribution < -0.4 is 4.74 Å².